The number of hydrogen-bond donors (Lipinski definition) is 3. The molecule has 8 heteroatoms. The van der Waals surface area contributed by atoms with Gasteiger partial charge in [0.05, 0.1) is 11.4 Å². The molecule has 3 N–H and O–H groups in total. The number of sulfone groups is 1. The van der Waals surface area contributed by atoms with Crippen molar-refractivity contribution in [2.45, 2.75) is 32.2 Å². The van der Waals surface area contributed by atoms with Crippen molar-refractivity contribution in [1.29, 1.82) is 0 Å². The van der Waals surface area contributed by atoms with E-state index in [1.54, 1.807) is 19.1 Å². The summed E-state index contributed by atoms with van der Waals surface area (Å²) in [6.45, 7) is 7.45. The van der Waals surface area contributed by atoms with Crippen molar-refractivity contribution < 1.29 is 13.2 Å². The van der Waals surface area contributed by atoms with Crippen LogP contribution in [0.2, 0.25) is 0 Å². The van der Waals surface area contributed by atoms with Crippen LogP contribution in [0.4, 0.5) is 0 Å². The molecule has 0 spiro atoms. The van der Waals surface area contributed by atoms with Gasteiger partial charge in [-0.1, -0.05) is 12.1 Å². The first kappa shape index (κ1) is 20.0. The third-order valence-corrected chi connectivity index (χ3v) is 4.45. The minimum atomic E-state index is -3.21. The molecule has 0 aliphatic carbocycles. The van der Waals surface area contributed by atoms with Crippen LogP contribution in [0.5, 0.6) is 0 Å². The fourth-order valence-corrected chi connectivity index (χ4v) is 3.12. The van der Waals surface area contributed by atoms with Crippen LogP contribution in [0.15, 0.2) is 28.1 Å². The van der Waals surface area contributed by atoms with Crippen LogP contribution < -0.4 is 16.0 Å². The summed E-state index contributed by atoms with van der Waals surface area (Å²) in [5.74, 6) is 0.577. The minimum absolute atomic E-state index is 0.0693. The van der Waals surface area contributed by atoms with E-state index in [4.69, 9.17) is 0 Å². The highest BCUT2D eigenvalue weighted by Gasteiger charge is 2.10. The third-order valence-electron chi connectivity index (χ3n) is 3.19. The molecule has 0 heterocycles. The van der Waals surface area contributed by atoms with Crippen LogP contribution in [0.1, 0.15) is 25.0 Å². The molecule has 0 aliphatic rings. The summed E-state index contributed by atoms with van der Waals surface area (Å²) in [5, 5.41) is 8.95. The molecule has 1 aromatic carbocycles. The Morgan fingerprint density at radius 1 is 1.17 bits per heavy atom. The molecule has 1 rings (SSSR count). The van der Waals surface area contributed by atoms with Gasteiger partial charge in [-0.3, -0.25) is 4.79 Å². The Balaban J connectivity index is 2.72. The van der Waals surface area contributed by atoms with Gasteiger partial charge in [-0.05, 0) is 31.0 Å². The molecule has 0 fully saturated rings. The number of hydrogen-bond acceptors (Lipinski definition) is 4. The number of carbonyl (C=O) groups is 1. The van der Waals surface area contributed by atoms with Crippen LogP contribution in [0, 0.1) is 6.92 Å². The smallest absolute Gasteiger partial charge is 0.216 e. The first-order valence-corrected chi connectivity index (χ1v) is 9.69. The van der Waals surface area contributed by atoms with Gasteiger partial charge in [0, 0.05) is 32.8 Å². The molecule has 0 bridgehead atoms. The van der Waals surface area contributed by atoms with Crippen LogP contribution in [0.25, 0.3) is 0 Å². The highest BCUT2D eigenvalue weighted by atomic mass is 32.2. The molecule has 1 aromatic rings. The molecule has 7 nitrogen and oxygen atoms in total. The Kier molecular flexibility index (Phi) is 7.70. The normalized spacial score (nSPS) is 11.9. The fourth-order valence-electron chi connectivity index (χ4n) is 2.16. The van der Waals surface area contributed by atoms with Gasteiger partial charge in [0.1, 0.15) is 0 Å². The molecule has 1 amide bonds. The Morgan fingerprint density at radius 2 is 1.83 bits per heavy atom. The summed E-state index contributed by atoms with van der Waals surface area (Å²) >= 11 is 0. The molecule has 0 aromatic heterocycles. The zero-order valence-corrected chi connectivity index (χ0v) is 15.5. The highest BCUT2D eigenvalue weighted by molar-refractivity contribution is 7.90. The van der Waals surface area contributed by atoms with Crippen LogP contribution in [-0.2, 0) is 21.2 Å². The summed E-state index contributed by atoms with van der Waals surface area (Å²) < 4.78 is 23.3. The monoisotopic (exact) mass is 354 g/mol. The topological polar surface area (TPSA) is 99.7 Å². The van der Waals surface area contributed by atoms with Gasteiger partial charge >= 0.3 is 0 Å². The molecule has 0 saturated heterocycles. The molecular formula is C16H26N4O3S. The number of rotatable bonds is 7. The van der Waals surface area contributed by atoms with Crippen molar-refractivity contribution >= 4 is 21.7 Å². The predicted molar refractivity (Wildman–Crippen MR) is 95.8 cm³/mol. The number of benzene rings is 1. The van der Waals surface area contributed by atoms with E-state index in [-0.39, 0.29) is 5.91 Å². The summed E-state index contributed by atoms with van der Waals surface area (Å²) in [6.07, 6.45) is 1.20. The van der Waals surface area contributed by atoms with Crippen molar-refractivity contribution in [3.63, 3.8) is 0 Å². The lowest BCUT2D eigenvalue weighted by Crippen LogP contribution is -2.41. The van der Waals surface area contributed by atoms with E-state index in [2.05, 4.69) is 20.9 Å². The van der Waals surface area contributed by atoms with Crippen molar-refractivity contribution in [2.75, 3.05) is 25.9 Å². The number of carbonyl (C=O) groups excluding carboxylic acids is 1. The standard InChI is InChI=1S/C16H26N4O3S/c1-5-17-16(19-9-8-18-13(3)21)20-11-14-6-7-15(12(2)10-14)24(4,22)23/h6-7,10H,5,8-9,11H2,1-4H3,(H,18,21)(H2,17,19,20). The number of aliphatic imine (C=N–C) groups is 1. The van der Waals surface area contributed by atoms with E-state index in [0.717, 1.165) is 12.1 Å². The van der Waals surface area contributed by atoms with Gasteiger partial charge in [0.15, 0.2) is 15.8 Å². The second-order valence-electron chi connectivity index (χ2n) is 5.48. The molecule has 0 atom stereocenters. The maximum Gasteiger partial charge on any atom is 0.216 e. The SMILES string of the molecule is CCNC(=NCc1ccc(S(C)(=O)=O)c(C)c1)NCCNC(C)=O. The zero-order valence-electron chi connectivity index (χ0n) is 14.6. The number of guanidine groups is 1. The lowest BCUT2D eigenvalue weighted by atomic mass is 10.1. The Labute approximate surface area is 143 Å². The van der Waals surface area contributed by atoms with Gasteiger partial charge in [-0.25, -0.2) is 13.4 Å². The van der Waals surface area contributed by atoms with Crippen LogP contribution in [0.3, 0.4) is 0 Å². The highest BCUT2D eigenvalue weighted by Crippen LogP contribution is 2.17. The van der Waals surface area contributed by atoms with Gasteiger partial charge in [-0.15, -0.1) is 0 Å². The van der Waals surface area contributed by atoms with E-state index in [9.17, 15) is 13.2 Å². The first-order valence-electron chi connectivity index (χ1n) is 7.80. The summed E-state index contributed by atoms with van der Waals surface area (Å²) in [5.41, 5.74) is 1.65. The number of nitrogens with zero attached hydrogens (tertiary/aromatic N) is 1. The number of aryl methyl sites for hydroxylation is 1. The number of amides is 1. The molecule has 0 unspecified atom stereocenters. The van der Waals surface area contributed by atoms with E-state index < -0.39 is 9.84 Å². The molecule has 0 saturated carbocycles. The first-order chi connectivity index (χ1) is 11.2. The second-order valence-corrected chi connectivity index (χ2v) is 7.46. The molecule has 24 heavy (non-hydrogen) atoms. The fraction of sp³-hybridized carbons (Fsp3) is 0.500. The molecule has 134 valence electrons. The van der Waals surface area contributed by atoms with E-state index in [1.807, 2.05) is 13.0 Å². The largest absolute Gasteiger partial charge is 0.357 e. The van der Waals surface area contributed by atoms with Crippen LogP contribution in [-0.4, -0.2) is 46.2 Å². The van der Waals surface area contributed by atoms with Crippen molar-refractivity contribution in [3.05, 3.63) is 29.3 Å². The quantitative estimate of drug-likeness (QED) is 0.378. The second kappa shape index (κ2) is 9.27. The van der Waals surface area contributed by atoms with E-state index in [1.165, 1.54) is 13.2 Å². The summed E-state index contributed by atoms with van der Waals surface area (Å²) in [7, 11) is -3.21. The molecule has 0 radical (unpaired) electrons. The van der Waals surface area contributed by atoms with E-state index >= 15 is 0 Å². The summed E-state index contributed by atoms with van der Waals surface area (Å²) in [6, 6.07) is 5.22. The van der Waals surface area contributed by atoms with Gasteiger partial charge in [0.25, 0.3) is 0 Å². The lowest BCUT2D eigenvalue weighted by molar-refractivity contribution is -0.118. The zero-order chi connectivity index (χ0) is 18.2. The van der Waals surface area contributed by atoms with Crippen molar-refractivity contribution in [2.24, 2.45) is 4.99 Å². The average molecular weight is 354 g/mol. The van der Waals surface area contributed by atoms with Gasteiger partial charge in [-0.2, -0.15) is 0 Å². The molecular weight excluding hydrogens is 328 g/mol. The Hall–Kier alpha value is -2.09. The minimum Gasteiger partial charge on any atom is -0.357 e. The van der Waals surface area contributed by atoms with E-state index in [0.29, 0.717) is 36.1 Å². The predicted octanol–water partition coefficient (Wildman–Crippen LogP) is 0.590. The maximum atomic E-state index is 11.6. The average Bonchev–Trinajstić information content (AvgIpc) is 2.47. The third kappa shape index (κ3) is 6.99. The van der Waals surface area contributed by atoms with Gasteiger partial charge < -0.3 is 16.0 Å². The molecule has 0 aliphatic heterocycles. The van der Waals surface area contributed by atoms with Crippen molar-refractivity contribution in [1.82, 2.24) is 16.0 Å². The van der Waals surface area contributed by atoms with Gasteiger partial charge in [0.2, 0.25) is 5.91 Å². The summed E-state index contributed by atoms with van der Waals surface area (Å²) in [4.78, 5) is 15.6. The maximum absolute atomic E-state index is 11.6. The Morgan fingerprint density at radius 3 is 2.38 bits per heavy atom. The Bertz CT molecular complexity index is 699. The number of nitrogens with one attached hydrogen (secondary N) is 3. The van der Waals surface area contributed by atoms with Crippen molar-refractivity contribution in [3.8, 4) is 0 Å². The lowest BCUT2D eigenvalue weighted by Gasteiger charge is -2.12. The van der Waals surface area contributed by atoms with Crippen LogP contribution >= 0.6 is 0 Å².